The molecule has 0 aliphatic rings. The Kier molecular flexibility index (Phi) is 5.42. The minimum atomic E-state index is 0.278. The van der Waals surface area contributed by atoms with E-state index in [1.54, 1.807) is 0 Å². The van der Waals surface area contributed by atoms with E-state index in [0.717, 1.165) is 36.2 Å². The molecular weight excluding hydrogens is 246 g/mol. The van der Waals surface area contributed by atoms with Gasteiger partial charge in [-0.3, -0.25) is 4.90 Å². The molecule has 4 heteroatoms. The van der Waals surface area contributed by atoms with Gasteiger partial charge in [-0.2, -0.15) is 0 Å². The van der Waals surface area contributed by atoms with Crippen LogP contribution in [0.25, 0.3) is 0 Å². The van der Waals surface area contributed by atoms with Crippen LogP contribution in [0, 0.1) is 5.41 Å². The lowest BCUT2D eigenvalue weighted by Gasteiger charge is -2.26. The van der Waals surface area contributed by atoms with Crippen LogP contribution in [0.15, 0.2) is 12.1 Å². The standard InChI is InChI=1S/C14H24ClN3/c1-6-16-13-8-7-11(15)12(17-13)9-18(5)10-14(2,3)4/h7-8H,6,9-10H2,1-5H3,(H,16,17). The Labute approximate surface area is 116 Å². The third-order valence-corrected chi connectivity index (χ3v) is 2.78. The summed E-state index contributed by atoms with van der Waals surface area (Å²) in [5.41, 5.74) is 1.21. The largest absolute Gasteiger partial charge is 0.370 e. The normalized spacial score (nSPS) is 11.9. The Hall–Kier alpha value is -0.800. The smallest absolute Gasteiger partial charge is 0.126 e. The molecule has 0 amide bonds. The van der Waals surface area contributed by atoms with Crippen molar-refractivity contribution in [3.63, 3.8) is 0 Å². The Balaban J connectivity index is 2.73. The van der Waals surface area contributed by atoms with Crippen molar-refractivity contribution in [1.82, 2.24) is 9.88 Å². The molecule has 1 N–H and O–H groups in total. The van der Waals surface area contributed by atoms with Crippen LogP contribution in [0.5, 0.6) is 0 Å². The predicted molar refractivity (Wildman–Crippen MR) is 79.2 cm³/mol. The van der Waals surface area contributed by atoms with Crippen molar-refractivity contribution >= 4 is 17.4 Å². The summed E-state index contributed by atoms with van der Waals surface area (Å²) in [6.07, 6.45) is 0. The first-order valence-electron chi connectivity index (χ1n) is 6.39. The summed E-state index contributed by atoms with van der Waals surface area (Å²) in [5, 5.41) is 3.94. The molecule has 0 aliphatic heterocycles. The number of pyridine rings is 1. The lowest BCUT2D eigenvalue weighted by molar-refractivity contribution is 0.219. The maximum absolute atomic E-state index is 6.19. The SMILES string of the molecule is CCNc1ccc(Cl)c(CN(C)CC(C)(C)C)n1. The molecule has 0 aliphatic carbocycles. The molecule has 0 fully saturated rings. The summed E-state index contributed by atoms with van der Waals surface area (Å²) in [6.45, 7) is 11.4. The van der Waals surface area contributed by atoms with Gasteiger partial charge in [0.05, 0.1) is 10.7 Å². The summed E-state index contributed by atoms with van der Waals surface area (Å²) in [6, 6.07) is 3.83. The van der Waals surface area contributed by atoms with E-state index in [2.05, 4.69) is 49.9 Å². The van der Waals surface area contributed by atoms with Crippen LogP contribution in [0.3, 0.4) is 0 Å². The first-order valence-corrected chi connectivity index (χ1v) is 6.77. The number of aromatic nitrogens is 1. The van der Waals surface area contributed by atoms with Gasteiger partial charge in [0, 0.05) is 19.6 Å². The topological polar surface area (TPSA) is 28.2 Å². The van der Waals surface area contributed by atoms with Gasteiger partial charge in [0.25, 0.3) is 0 Å². The summed E-state index contributed by atoms with van der Waals surface area (Å²) in [4.78, 5) is 6.80. The average molecular weight is 270 g/mol. The molecule has 0 spiro atoms. The van der Waals surface area contributed by atoms with Gasteiger partial charge in [-0.05, 0) is 31.5 Å². The van der Waals surface area contributed by atoms with E-state index >= 15 is 0 Å². The van der Waals surface area contributed by atoms with E-state index in [1.807, 2.05) is 12.1 Å². The van der Waals surface area contributed by atoms with Gasteiger partial charge in [0.15, 0.2) is 0 Å². The van der Waals surface area contributed by atoms with Crippen LogP contribution in [-0.4, -0.2) is 30.0 Å². The second-order valence-corrected chi connectivity index (χ2v) is 6.30. The van der Waals surface area contributed by atoms with Crippen molar-refractivity contribution in [3.8, 4) is 0 Å². The lowest BCUT2D eigenvalue weighted by atomic mass is 9.96. The van der Waals surface area contributed by atoms with Crippen molar-refractivity contribution in [2.24, 2.45) is 5.41 Å². The molecule has 1 rings (SSSR count). The Bertz CT molecular complexity index is 385. The second kappa shape index (κ2) is 6.39. The van der Waals surface area contributed by atoms with Crippen LogP contribution in [-0.2, 0) is 6.54 Å². The molecule has 1 aromatic rings. The van der Waals surface area contributed by atoms with Crippen molar-refractivity contribution in [2.45, 2.75) is 34.2 Å². The molecule has 0 unspecified atom stereocenters. The molecule has 0 bridgehead atoms. The summed E-state index contributed by atoms with van der Waals surface area (Å²) in [5.74, 6) is 0.890. The zero-order valence-corrected chi connectivity index (χ0v) is 12.8. The molecular formula is C14H24ClN3. The molecule has 102 valence electrons. The van der Waals surface area contributed by atoms with Gasteiger partial charge >= 0.3 is 0 Å². The maximum atomic E-state index is 6.19. The van der Waals surface area contributed by atoms with E-state index in [4.69, 9.17) is 11.6 Å². The Morgan fingerprint density at radius 2 is 2.00 bits per heavy atom. The number of anilines is 1. The summed E-state index contributed by atoms with van der Waals surface area (Å²) >= 11 is 6.19. The fourth-order valence-corrected chi connectivity index (χ4v) is 2.16. The van der Waals surface area contributed by atoms with Gasteiger partial charge < -0.3 is 5.32 Å². The molecule has 0 saturated carbocycles. The van der Waals surface area contributed by atoms with Gasteiger partial charge in [0.1, 0.15) is 5.82 Å². The fraction of sp³-hybridized carbons (Fsp3) is 0.643. The van der Waals surface area contributed by atoms with E-state index < -0.39 is 0 Å². The molecule has 0 atom stereocenters. The molecule has 0 saturated heterocycles. The first-order chi connectivity index (χ1) is 8.31. The predicted octanol–water partition coefficient (Wildman–Crippen LogP) is 3.64. The quantitative estimate of drug-likeness (QED) is 0.885. The first kappa shape index (κ1) is 15.3. The van der Waals surface area contributed by atoms with E-state index in [-0.39, 0.29) is 5.41 Å². The highest BCUT2D eigenvalue weighted by Crippen LogP contribution is 2.20. The van der Waals surface area contributed by atoms with Crippen molar-refractivity contribution in [1.29, 1.82) is 0 Å². The maximum Gasteiger partial charge on any atom is 0.126 e. The van der Waals surface area contributed by atoms with Crippen molar-refractivity contribution in [3.05, 3.63) is 22.8 Å². The zero-order valence-electron chi connectivity index (χ0n) is 12.0. The monoisotopic (exact) mass is 269 g/mol. The van der Waals surface area contributed by atoms with E-state index in [9.17, 15) is 0 Å². The van der Waals surface area contributed by atoms with E-state index in [0.29, 0.717) is 0 Å². The van der Waals surface area contributed by atoms with Crippen molar-refractivity contribution in [2.75, 3.05) is 25.5 Å². The highest BCUT2D eigenvalue weighted by atomic mass is 35.5. The minimum Gasteiger partial charge on any atom is -0.370 e. The Morgan fingerprint density at radius 1 is 1.33 bits per heavy atom. The number of rotatable bonds is 5. The van der Waals surface area contributed by atoms with Crippen molar-refractivity contribution < 1.29 is 0 Å². The third kappa shape index (κ3) is 5.23. The van der Waals surface area contributed by atoms with Crippen LogP contribution < -0.4 is 5.32 Å². The van der Waals surface area contributed by atoms with Crippen LogP contribution in [0.1, 0.15) is 33.4 Å². The van der Waals surface area contributed by atoms with E-state index in [1.165, 1.54) is 0 Å². The molecule has 0 aromatic carbocycles. The van der Waals surface area contributed by atoms with Gasteiger partial charge in [-0.15, -0.1) is 0 Å². The minimum absolute atomic E-state index is 0.278. The molecule has 3 nitrogen and oxygen atoms in total. The number of halogens is 1. The number of hydrogen-bond acceptors (Lipinski definition) is 3. The number of hydrogen-bond donors (Lipinski definition) is 1. The molecule has 0 radical (unpaired) electrons. The second-order valence-electron chi connectivity index (χ2n) is 5.89. The molecule has 1 aromatic heterocycles. The number of nitrogens with one attached hydrogen (secondary N) is 1. The molecule has 1 heterocycles. The Morgan fingerprint density at radius 3 is 2.56 bits per heavy atom. The fourth-order valence-electron chi connectivity index (χ4n) is 2.00. The lowest BCUT2D eigenvalue weighted by Crippen LogP contribution is -2.29. The zero-order chi connectivity index (χ0) is 13.8. The average Bonchev–Trinajstić information content (AvgIpc) is 2.20. The third-order valence-electron chi connectivity index (χ3n) is 2.44. The number of nitrogens with zero attached hydrogens (tertiary/aromatic N) is 2. The summed E-state index contributed by atoms with van der Waals surface area (Å²) < 4.78 is 0. The summed E-state index contributed by atoms with van der Waals surface area (Å²) in [7, 11) is 2.10. The highest BCUT2D eigenvalue weighted by Gasteiger charge is 2.15. The van der Waals surface area contributed by atoms with Gasteiger partial charge in [-0.25, -0.2) is 4.98 Å². The van der Waals surface area contributed by atoms with Crippen LogP contribution in [0.2, 0.25) is 5.02 Å². The molecule has 18 heavy (non-hydrogen) atoms. The van der Waals surface area contributed by atoms with Gasteiger partial charge in [-0.1, -0.05) is 32.4 Å². The van der Waals surface area contributed by atoms with Gasteiger partial charge in [0.2, 0.25) is 0 Å². The highest BCUT2D eigenvalue weighted by molar-refractivity contribution is 6.31. The van der Waals surface area contributed by atoms with Crippen LogP contribution >= 0.6 is 11.6 Å². The van der Waals surface area contributed by atoms with Crippen LogP contribution in [0.4, 0.5) is 5.82 Å².